The molecule has 3 N–H and O–H groups in total. The first kappa shape index (κ1) is 16.4. The quantitative estimate of drug-likeness (QED) is 0.569. The van der Waals surface area contributed by atoms with Gasteiger partial charge in [0.2, 0.25) is 0 Å². The van der Waals surface area contributed by atoms with Gasteiger partial charge in [0.05, 0.1) is 11.8 Å². The molecule has 134 valence electrons. The lowest BCUT2D eigenvalue weighted by Crippen LogP contribution is -2.51. The normalized spacial score (nSPS) is 48.1. The van der Waals surface area contributed by atoms with Crippen LogP contribution in [0.2, 0.25) is 0 Å². The third kappa shape index (κ3) is 1.84. The van der Waals surface area contributed by atoms with Crippen LogP contribution < -0.4 is 0 Å². The number of fused-ring (bicyclic) bond motifs is 5. The minimum atomic E-state index is -0.555. The van der Waals surface area contributed by atoms with E-state index in [1.807, 2.05) is 0 Å². The van der Waals surface area contributed by atoms with E-state index in [-0.39, 0.29) is 17.9 Å². The molecule has 0 unspecified atom stereocenters. The number of allylic oxidation sites excluding steroid dienone is 1. The van der Waals surface area contributed by atoms with Gasteiger partial charge in [0.15, 0.2) is 0 Å². The molecule has 3 nitrogen and oxygen atoms in total. The SMILES string of the molecule is CC[C@H]1CC[C@H]2[C@@H]3CCC4=C(O)CC(O)=C(O)[C@]4(C)[C@H]3CC[C@]12C. The van der Waals surface area contributed by atoms with Crippen molar-refractivity contribution in [3.8, 4) is 0 Å². The van der Waals surface area contributed by atoms with E-state index < -0.39 is 5.41 Å². The van der Waals surface area contributed by atoms with E-state index in [0.29, 0.717) is 23.0 Å². The standard InChI is InChI=1S/C21H32O3/c1-4-12-5-7-14-13-6-8-16-17(22)11-18(23)19(24)21(16,3)15(13)9-10-20(12,14)2/h12-15,22-24H,4-11H2,1-3H3/t12-,13-,14-,15-,20+,21+/m0/s1. The Labute approximate surface area is 145 Å². The molecular weight excluding hydrogens is 300 g/mol. The van der Waals surface area contributed by atoms with E-state index in [0.717, 1.165) is 36.7 Å². The molecule has 0 aromatic heterocycles. The molecular formula is C21H32O3. The van der Waals surface area contributed by atoms with E-state index in [1.54, 1.807) is 0 Å². The molecule has 4 aliphatic rings. The van der Waals surface area contributed by atoms with Gasteiger partial charge in [0.1, 0.15) is 17.3 Å². The fourth-order valence-electron chi connectivity index (χ4n) is 7.39. The van der Waals surface area contributed by atoms with Crippen molar-refractivity contribution in [2.24, 2.45) is 34.5 Å². The zero-order valence-corrected chi connectivity index (χ0v) is 15.3. The highest BCUT2D eigenvalue weighted by molar-refractivity contribution is 5.38. The summed E-state index contributed by atoms with van der Waals surface area (Å²) in [5, 5.41) is 31.4. The average Bonchev–Trinajstić information content (AvgIpc) is 2.89. The van der Waals surface area contributed by atoms with Gasteiger partial charge < -0.3 is 15.3 Å². The zero-order chi connectivity index (χ0) is 17.3. The highest BCUT2D eigenvalue weighted by atomic mass is 16.3. The van der Waals surface area contributed by atoms with Crippen molar-refractivity contribution < 1.29 is 15.3 Å². The molecule has 3 heteroatoms. The smallest absolute Gasteiger partial charge is 0.140 e. The summed E-state index contributed by atoms with van der Waals surface area (Å²) in [4.78, 5) is 0. The number of rotatable bonds is 1. The summed E-state index contributed by atoms with van der Waals surface area (Å²) in [6.07, 6.45) is 8.35. The van der Waals surface area contributed by atoms with Crippen LogP contribution in [0.5, 0.6) is 0 Å². The number of aliphatic hydroxyl groups excluding tert-OH is 3. The molecule has 6 atom stereocenters. The minimum Gasteiger partial charge on any atom is -0.512 e. The van der Waals surface area contributed by atoms with Gasteiger partial charge in [-0.05, 0) is 80.1 Å². The monoisotopic (exact) mass is 332 g/mol. The fourth-order valence-corrected chi connectivity index (χ4v) is 7.39. The molecule has 0 aromatic rings. The molecule has 0 saturated heterocycles. The summed E-state index contributed by atoms with van der Waals surface area (Å²) in [6.45, 7) is 6.91. The summed E-state index contributed by atoms with van der Waals surface area (Å²) in [6, 6.07) is 0. The van der Waals surface area contributed by atoms with Gasteiger partial charge in [-0.1, -0.05) is 20.3 Å². The molecule has 0 amide bonds. The van der Waals surface area contributed by atoms with Crippen LogP contribution in [-0.4, -0.2) is 15.3 Å². The Balaban J connectivity index is 1.75. The van der Waals surface area contributed by atoms with Crippen LogP contribution in [0.4, 0.5) is 0 Å². The van der Waals surface area contributed by atoms with E-state index in [9.17, 15) is 15.3 Å². The van der Waals surface area contributed by atoms with Crippen molar-refractivity contribution in [1.29, 1.82) is 0 Å². The third-order valence-electron chi connectivity index (χ3n) is 8.67. The van der Waals surface area contributed by atoms with Crippen LogP contribution in [0.15, 0.2) is 22.9 Å². The molecule has 3 fully saturated rings. The average molecular weight is 332 g/mol. The maximum absolute atomic E-state index is 10.8. The van der Waals surface area contributed by atoms with Gasteiger partial charge in [-0.3, -0.25) is 0 Å². The second kappa shape index (κ2) is 5.19. The van der Waals surface area contributed by atoms with Crippen molar-refractivity contribution in [3.05, 3.63) is 22.9 Å². The van der Waals surface area contributed by atoms with Crippen LogP contribution in [0.1, 0.15) is 72.1 Å². The molecule has 0 aliphatic heterocycles. The molecule has 3 saturated carbocycles. The maximum atomic E-state index is 10.8. The van der Waals surface area contributed by atoms with Gasteiger partial charge >= 0.3 is 0 Å². The Hall–Kier alpha value is -1.12. The van der Waals surface area contributed by atoms with Gasteiger partial charge in [0.25, 0.3) is 0 Å². The lowest BCUT2D eigenvalue weighted by Gasteiger charge is -2.57. The fraction of sp³-hybridized carbons (Fsp3) is 0.810. The predicted octanol–water partition coefficient (Wildman–Crippen LogP) is 5.80. The summed E-state index contributed by atoms with van der Waals surface area (Å²) in [7, 11) is 0. The summed E-state index contributed by atoms with van der Waals surface area (Å²) in [5.74, 6) is 2.94. The maximum Gasteiger partial charge on any atom is 0.140 e. The summed E-state index contributed by atoms with van der Waals surface area (Å²) < 4.78 is 0. The van der Waals surface area contributed by atoms with E-state index in [2.05, 4.69) is 20.8 Å². The number of hydrogen-bond acceptors (Lipinski definition) is 3. The number of aliphatic hydroxyl groups is 3. The Morgan fingerprint density at radius 2 is 1.71 bits per heavy atom. The first-order valence-corrected chi connectivity index (χ1v) is 9.87. The molecule has 0 aromatic carbocycles. The van der Waals surface area contributed by atoms with Crippen molar-refractivity contribution in [3.63, 3.8) is 0 Å². The van der Waals surface area contributed by atoms with Crippen molar-refractivity contribution >= 4 is 0 Å². The first-order chi connectivity index (χ1) is 11.3. The molecule has 4 aliphatic carbocycles. The topological polar surface area (TPSA) is 60.7 Å². The van der Waals surface area contributed by atoms with Gasteiger partial charge in [-0.2, -0.15) is 0 Å². The molecule has 0 bridgehead atoms. The van der Waals surface area contributed by atoms with E-state index in [1.165, 1.54) is 25.7 Å². The molecule has 0 radical (unpaired) electrons. The van der Waals surface area contributed by atoms with Crippen LogP contribution in [0.3, 0.4) is 0 Å². The third-order valence-corrected chi connectivity index (χ3v) is 8.67. The molecule has 24 heavy (non-hydrogen) atoms. The molecule has 4 rings (SSSR count). The van der Waals surface area contributed by atoms with Crippen molar-refractivity contribution in [2.45, 2.75) is 72.1 Å². The molecule has 0 heterocycles. The lowest BCUT2D eigenvalue weighted by molar-refractivity contribution is -0.0515. The van der Waals surface area contributed by atoms with Crippen LogP contribution in [0, 0.1) is 34.5 Å². The van der Waals surface area contributed by atoms with E-state index in [4.69, 9.17) is 0 Å². The largest absolute Gasteiger partial charge is 0.512 e. The van der Waals surface area contributed by atoms with Gasteiger partial charge in [0, 0.05) is 0 Å². The predicted molar refractivity (Wildman–Crippen MR) is 94.7 cm³/mol. The summed E-state index contributed by atoms with van der Waals surface area (Å²) in [5.41, 5.74) is 0.889. The second-order valence-corrected chi connectivity index (χ2v) is 9.24. The van der Waals surface area contributed by atoms with E-state index >= 15 is 0 Å². The van der Waals surface area contributed by atoms with Crippen LogP contribution >= 0.6 is 0 Å². The Morgan fingerprint density at radius 1 is 0.958 bits per heavy atom. The van der Waals surface area contributed by atoms with Gasteiger partial charge in [-0.15, -0.1) is 0 Å². The minimum absolute atomic E-state index is 0.0226. The highest BCUT2D eigenvalue weighted by Crippen LogP contribution is 2.67. The van der Waals surface area contributed by atoms with Gasteiger partial charge in [-0.25, -0.2) is 0 Å². The molecule has 0 spiro atoms. The second-order valence-electron chi connectivity index (χ2n) is 9.24. The van der Waals surface area contributed by atoms with Crippen molar-refractivity contribution in [2.75, 3.05) is 0 Å². The Morgan fingerprint density at radius 3 is 2.42 bits per heavy atom. The van der Waals surface area contributed by atoms with Crippen LogP contribution in [0.25, 0.3) is 0 Å². The van der Waals surface area contributed by atoms with Crippen molar-refractivity contribution in [1.82, 2.24) is 0 Å². The number of hydrogen-bond donors (Lipinski definition) is 3. The zero-order valence-electron chi connectivity index (χ0n) is 15.3. The first-order valence-electron chi connectivity index (χ1n) is 9.87. The Kier molecular flexibility index (Phi) is 3.54. The lowest BCUT2D eigenvalue weighted by atomic mass is 9.47. The summed E-state index contributed by atoms with van der Waals surface area (Å²) >= 11 is 0. The highest BCUT2D eigenvalue weighted by Gasteiger charge is 2.60. The Bertz CT molecular complexity index is 619. The van der Waals surface area contributed by atoms with Crippen LogP contribution in [-0.2, 0) is 0 Å².